The molecule has 1 aromatic carbocycles. The molecule has 0 spiro atoms. The van der Waals surface area contributed by atoms with Gasteiger partial charge in [-0.25, -0.2) is 4.39 Å². The summed E-state index contributed by atoms with van der Waals surface area (Å²) in [5.74, 6) is -0.629. The third-order valence-corrected chi connectivity index (χ3v) is 1.94. The van der Waals surface area contributed by atoms with Crippen LogP contribution in [0.3, 0.4) is 0 Å². The number of hydrogen-bond acceptors (Lipinski definition) is 2. The van der Waals surface area contributed by atoms with Gasteiger partial charge in [-0.2, -0.15) is 0 Å². The van der Waals surface area contributed by atoms with Crippen molar-refractivity contribution in [1.29, 1.82) is 0 Å². The molecule has 4 heteroatoms. The van der Waals surface area contributed by atoms with Crippen LogP contribution >= 0.6 is 12.6 Å². The highest BCUT2D eigenvalue weighted by Crippen LogP contribution is 2.10. The van der Waals surface area contributed by atoms with E-state index in [-0.39, 0.29) is 11.7 Å². The van der Waals surface area contributed by atoms with Crippen LogP contribution in [-0.2, 0) is 4.79 Å². The third kappa shape index (κ3) is 3.90. The molecule has 0 aliphatic heterocycles. The van der Waals surface area contributed by atoms with Gasteiger partial charge in [0.15, 0.2) is 0 Å². The maximum Gasteiger partial charge on any atom is 0.249 e. The number of thiol groups is 1. The summed E-state index contributed by atoms with van der Waals surface area (Å²) in [6, 6.07) is 5.73. The number of nitrogens with one attached hydrogen (secondary N) is 1. The van der Waals surface area contributed by atoms with E-state index in [4.69, 9.17) is 0 Å². The Kier molecular flexibility index (Phi) is 4.31. The van der Waals surface area contributed by atoms with Crippen molar-refractivity contribution in [3.8, 4) is 0 Å². The highest BCUT2D eigenvalue weighted by atomic mass is 32.1. The molecule has 0 unspecified atom stereocenters. The summed E-state index contributed by atoms with van der Waals surface area (Å²) in [7, 11) is 0. The first kappa shape index (κ1) is 12.5. The van der Waals surface area contributed by atoms with Crippen LogP contribution < -0.4 is 5.32 Å². The van der Waals surface area contributed by atoms with E-state index in [0.29, 0.717) is 16.2 Å². The molecule has 0 saturated carbocycles. The molecule has 0 aliphatic carbocycles. The van der Waals surface area contributed by atoms with Crippen LogP contribution in [0, 0.1) is 5.82 Å². The van der Waals surface area contributed by atoms with Crippen molar-refractivity contribution < 1.29 is 9.18 Å². The van der Waals surface area contributed by atoms with Crippen LogP contribution in [-0.4, -0.2) is 5.91 Å². The Morgan fingerprint density at radius 2 is 2.00 bits per heavy atom. The van der Waals surface area contributed by atoms with Crippen LogP contribution in [0.25, 0.3) is 5.70 Å². The fourth-order valence-corrected chi connectivity index (χ4v) is 1.22. The maximum atomic E-state index is 12.6. The van der Waals surface area contributed by atoms with E-state index in [1.54, 1.807) is 19.1 Å². The topological polar surface area (TPSA) is 29.1 Å². The van der Waals surface area contributed by atoms with Gasteiger partial charge in [0.2, 0.25) is 5.91 Å². The first-order chi connectivity index (χ1) is 7.49. The highest BCUT2D eigenvalue weighted by molar-refractivity contribution is 7.84. The Morgan fingerprint density at radius 3 is 2.50 bits per heavy atom. The van der Waals surface area contributed by atoms with Crippen molar-refractivity contribution in [3.63, 3.8) is 0 Å². The van der Waals surface area contributed by atoms with E-state index in [9.17, 15) is 9.18 Å². The molecule has 0 aliphatic rings. The molecule has 1 rings (SSSR count). The largest absolute Gasteiger partial charge is 0.322 e. The van der Waals surface area contributed by atoms with E-state index < -0.39 is 0 Å². The van der Waals surface area contributed by atoms with Gasteiger partial charge in [0.1, 0.15) is 5.82 Å². The summed E-state index contributed by atoms with van der Waals surface area (Å²) in [4.78, 5) is 11.9. The van der Waals surface area contributed by atoms with Crippen molar-refractivity contribution >= 4 is 24.2 Å². The molecule has 0 radical (unpaired) electrons. The maximum absolute atomic E-state index is 12.6. The van der Waals surface area contributed by atoms with Gasteiger partial charge < -0.3 is 5.32 Å². The fourth-order valence-electron chi connectivity index (χ4n) is 1.10. The zero-order valence-corrected chi connectivity index (χ0v) is 9.72. The minimum Gasteiger partial charge on any atom is -0.322 e. The summed E-state index contributed by atoms with van der Waals surface area (Å²) < 4.78 is 12.6. The Balaban J connectivity index is 2.70. The molecule has 1 N–H and O–H groups in total. The molecule has 0 saturated heterocycles. The van der Waals surface area contributed by atoms with Crippen molar-refractivity contribution in [2.75, 3.05) is 0 Å². The number of amides is 1. The van der Waals surface area contributed by atoms with Gasteiger partial charge in [0.05, 0.1) is 0 Å². The average molecular weight is 237 g/mol. The predicted molar refractivity (Wildman–Crippen MR) is 66.3 cm³/mol. The molecule has 0 heterocycles. The van der Waals surface area contributed by atoms with Crippen molar-refractivity contribution in [1.82, 2.24) is 5.32 Å². The quantitative estimate of drug-likeness (QED) is 0.614. The number of benzene rings is 1. The third-order valence-electron chi connectivity index (χ3n) is 1.81. The van der Waals surface area contributed by atoms with Gasteiger partial charge in [-0.1, -0.05) is 18.7 Å². The van der Waals surface area contributed by atoms with Crippen LogP contribution in [0.2, 0.25) is 0 Å². The van der Waals surface area contributed by atoms with E-state index in [1.807, 2.05) is 0 Å². The lowest BCUT2D eigenvalue weighted by molar-refractivity contribution is -0.115. The summed E-state index contributed by atoms with van der Waals surface area (Å²) in [5, 5.41) is 2.57. The van der Waals surface area contributed by atoms with Gasteiger partial charge in [-0.15, -0.1) is 12.6 Å². The van der Waals surface area contributed by atoms with Gasteiger partial charge >= 0.3 is 0 Å². The van der Waals surface area contributed by atoms with Crippen molar-refractivity contribution in [2.24, 2.45) is 0 Å². The predicted octanol–water partition coefficient (Wildman–Crippen LogP) is 2.75. The van der Waals surface area contributed by atoms with Crippen LogP contribution in [0.4, 0.5) is 4.39 Å². The number of carbonyl (C=O) groups is 1. The van der Waals surface area contributed by atoms with E-state index in [1.165, 1.54) is 18.2 Å². The molecule has 16 heavy (non-hydrogen) atoms. The normalized spacial score (nSPS) is 11.1. The Bertz CT molecular complexity index is 433. The second-order valence-corrected chi connectivity index (χ2v) is 3.97. The molecule has 0 bridgehead atoms. The first-order valence-corrected chi connectivity index (χ1v) is 5.07. The number of carbonyl (C=O) groups excluding carboxylic acids is 1. The van der Waals surface area contributed by atoms with E-state index in [2.05, 4.69) is 24.5 Å². The zero-order chi connectivity index (χ0) is 12.1. The molecule has 0 aromatic heterocycles. The highest BCUT2D eigenvalue weighted by Gasteiger charge is 2.02. The zero-order valence-electron chi connectivity index (χ0n) is 8.83. The molecule has 0 atom stereocenters. The first-order valence-electron chi connectivity index (χ1n) is 4.62. The molecule has 0 fully saturated rings. The molecular weight excluding hydrogens is 225 g/mol. The second kappa shape index (κ2) is 5.51. The SMILES string of the molecule is C=C(NC(=O)/C=C(\C)S)c1ccc(F)cc1. The summed E-state index contributed by atoms with van der Waals surface area (Å²) >= 11 is 3.98. The molecule has 1 aromatic rings. The Morgan fingerprint density at radius 1 is 1.44 bits per heavy atom. The average Bonchev–Trinajstić information content (AvgIpc) is 2.16. The lowest BCUT2D eigenvalue weighted by Crippen LogP contribution is -2.18. The molecule has 84 valence electrons. The van der Waals surface area contributed by atoms with Gasteiger partial charge in [0.25, 0.3) is 0 Å². The minimum absolute atomic E-state index is 0.304. The van der Waals surface area contributed by atoms with Gasteiger partial charge in [0, 0.05) is 11.8 Å². The lowest BCUT2D eigenvalue weighted by atomic mass is 10.2. The smallest absolute Gasteiger partial charge is 0.249 e. The monoisotopic (exact) mass is 237 g/mol. The van der Waals surface area contributed by atoms with Crippen molar-refractivity contribution in [2.45, 2.75) is 6.92 Å². The standard InChI is InChI=1S/C12H12FNOS/c1-8(16)7-12(15)14-9(2)10-3-5-11(13)6-4-10/h3-7,16H,2H2,1H3,(H,14,15)/b8-7+. The van der Waals surface area contributed by atoms with Crippen LogP contribution in [0.15, 0.2) is 41.8 Å². The van der Waals surface area contributed by atoms with Gasteiger partial charge in [-0.05, 0) is 29.5 Å². The van der Waals surface area contributed by atoms with Gasteiger partial charge in [-0.3, -0.25) is 4.79 Å². The second-order valence-electron chi connectivity index (χ2n) is 3.26. The number of halogens is 1. The minimum atomic E-state index is -0.325. The summed E-state index contributed by atoms with van der Waals surface area (Å²) in [5.41, 5.74) is 1.09. The van der Waals surface area contributed by atoms with E-state index >= 15 is 0 Å². The molecule has 2 nitrogen and oxygen atoms in total. The Hall–Kier alpha value is -1.55. The number of rotatable bonds is 3. The van der Waals surface area contributed by atoms with Crippen molar-refractivity contribution in [3.05, 3.63) is 53.2 Å². The van der Waals surface area contributed by atoms with Crippen LogP contribution in [0.5, 0.6) is 0 Å². The number of allylic oxidation sites excluding steroid dienone is 1. The molecule has 1 amide bonds. The summed E-state index contributed by atoms with van der Waals surface area (Å²) in [6.45, 7) is 5.39. The van der Waals surface area contributed by atoms with E-state index in [0.717, 1.165) is 0 Å². The van der Waals surface area contributed by atoms with Crippen LogP contribution in [0.1, 0.15) is 12.5 Å². The number of hydrogen-bond donors (Lipinski definition) is 2. The summed E-state index contributed by atoms with van der Waals surface area (Å²) in [6.07, 6.45) is 1.35. The molecular formula is C12H12FNOS. The Labute approximate surface area is 99.3 Å². The lowest BCUT2D eigenvalue weighted by Gasteiger charge is -2.06. The fraction of sp³-hybridized carbons (Fsp3) is 0.0833.